The zero-order valence-corrected chi connectivity index (χ0v) is 11.4. The summed E-state index contributed by atoms with van der Waals surface area (Å²) in [6, 6.07) is 0. The van der Waals surface area contributed by atoms with E-state index < -0.39 is 11.6 Å². The number of rotatable bonds is 2. The lowest BCUT2D eigenvalue weighted by Crippen LogP contribution is -2.31. The van der Waals surface area contributed by atoms with Gasteiger partial charge in [-0.25, -0.2) is 9.50 Å². The molecule has 0 saturated carbocycles. The number of imidazole rings is 1. The predicted molar refractivity (Wildman–Crippen MR) is 67.8 cm³/mol. The first-order chi connectivity index (χ1) is 8.78. The van der Waals surface area contributed by atoms with Crippen LogP contribution >= 0.6 is 0 Å². The monoisotopic (exact) mass is 264 g/mol. The van der Waals surface area contributed by atoms with Crippen molar-refractivity contribution >= 4 is 11.5 Å². The second kappa shape index (κ2) is 4.49. The van der Waals surface area contributed by atoms with Crippen LogP contribution in [-0.4, -0.2) is 30.7 Å². The van der Waals surface area contributed by atoms with Gasteiger partial charge in [0.2, 0.25) is 0 Å². The van der Waals surface area contributed by atoms with Crippen molar-refractivity contribution in [2.75, 3.05) is 0 Å². The molecule has 0 unspecified atom stereocenters. The lowest BCUT2D eigenvalue weighted by Gasteiger charge is -2.19. The quantitative estimate of drug-likeness (QED) is 0.740. The van der Waals surface area contributed by atoms with Crippen LogP contribution in [0.5, 0.6) is 0 Å². The van der Waals surface area contributed by atoms with Crippen LogP contribution in [0.25, 0.3) is 5.52 Å². The van der Waals surface area contributed by atoms with Gasteiger partial charge in [-0.1, -0.05) is 0 Å². The third kappa shape index (κ3) is 2.81. The van der Waals surface area contributed by atoms with Crippen molar-refractivity contribution in [1.82, 2.24) is 19.2 Å². The standard InChI is InChI=1S/C12H16N4O3/c1-8-10-11(18)15(7-14-16(10)6-13-8)5-9(17)19-12(2,3)4/h6-7H,5H2,1-4H3. The van der Waals surface area contributed by atoms with E-state index >= 15 is 0 Å². The molecule has 0 aliphatic heterocycles. The highest BCUT2D eigenvalue weighted by Gasteiger charge is 2.18. The van der Waals surface area contributed by atoms with Gasteiger partial charge in [0.1, 0.15) is 24.8 Å². The first kappa shape index (κ1) is 13.3. The molecule has 0 aliphatic rings. The number of hydrogen-bond acceptors (Lipinski definition) is 5. The maximum absolute atomic E-state index is 12.2. The summed E-state index contributed by atoms with van der Waals surface area (Å²) in [5, 5.41) is 4.02. The average molecular weight is 264 g/mol. The highest BCUT2D eigenvalue weighted by atomic mass is 16.6. The largest absolute Gasteiger partial charge is 0.459 e. The summed E-state index contributed by atoms with van der Waals surface area (Å²) >= 11 is 0. The Morgan fingerprint density at radius 2 is 2.05 bits per heavy atom. The fraction of sp³-hybridized carbons (Fsp3) is 0.500. The Hall–Kier alpha value is -2.18. The first-order valence-electron chi connectivity index (χ1n) is 5.89. The molecule has 0 fully saturated rings. The SMILES string of the molecule is Cc1ncn2ncn(CC(=O)OC(C)(C)C)c(=O)c12. The summed E-state index contributed by atoms with van der Waals surface area (Å²) in [5.74, 6) is -0.474. The van der Waals surface area contributed by atoms with Crippen molar-refractivity contribution in [3.63, 3.8) is 0 Å². The third-order valence-electron chi connectivity index (χ3n) is 2.43. The molecule has 7 heteroatoms. The van der Waals surface area contributed by atoms with E-state index in [1.807, 2.05) is 0 Å². The van der Waals surface area contributed by atoms with Gasteiger partial charge in [-0.15, -0.1) is 0 Å². The fourth-order valence-corrected chi connectivity index (χ4v) is 1.70. The molecule has 2 aromatic heterocycles. The van der Waals surface area contributed by atoms with Crippen molar-refractivity contribution in [3.05, 3.63) is 28.7 Å². The minimum atomic E-state index is -0.579. The minimum absolute atomic E-state index is 0.162. The number of aryl methyl sites for hydroxylation is 1. The molecule has 2 rings (SSSR count). The molecule has 2 aromatic rings. The maximum atomic E-state index is 12.2. The van der Waals surface area contributed by atoms with Gasteiger partial charge in [-0.2, -0.15) is 5.10 Å². The summed E-state index contributed by atoms with van der Waals surface area (Å²) in [4.78, 5) is 27.9. The molecule has 0 atom stereocenters. The third-order valence-corrected chi connectivity index (χ3v) is 2.43. The maximum Gasteiger partial charge on any atom is 0.326 e. The van der Waals surface area contributed by atoms with Crippen molar-refractivity contribution in [3.8, 4) is 0 Å². The van der Waals surface area contributed by atoms with Crippen LogP contribution in [0, 0.1) is 6.92 Å². The molecule has 0 bridgehead atoms. The van der Waals surface area contributed by atoms with E-state index in [0.717, 1.165) is 0 Å². The lowest BCUT2D eigenvalue weighted by molar-refractivity contribution is -0.155. The topological polar surface area (TPSA) is 78.5 Å². The molecular formula is C12H16N4O3. The van der Waals surface area contributed by atoms with Gasteiger partial charge in [-0.05, 0) is 27.7 Å². The van der Waals surface area contributed by atoms with E-state index in [-0.39, 0.29) is 12.1 Å². The number of carbonyl (C=O) groups is 1. The predicted octanol–water partition coefficient (Wildman–Crippen LogP) is 0.541. The van der Waals surface area contributed by atoms with Gasteiger partial charge in [0.25, 0.3) is 5.56 Å². The molecule has 19 heavy (non-hydrogen) atoms. The van der Waals surface area contributed by atoms with Gasteiger partial charge in [0.15, 0.2) is 5.52 Å². The van der Waals surface area contributed by atoms with Gasteiger partial charge < -0.3 is 4.74 Å². The van der Waals surface area contributed by atoms with Crippen LogP contribution < -0.4 is 5.56 Å². The molecule has 7 nitrogen and oxygen atoms in total. The van der Waals surface area contributed by atoms with Gasteiger partial charge in [0, 0.05) is 0 Å². The van der Waals surface area contributed by atoms with Crippen LogP contribution in [0.2, 0.25) is 0 Å². The van der Waals surface area contributed by atoms with Crippen molar-refractivity contribution in [1.29, 1.82) is 0 Å². The fourth-order valence-electron chi connectivity index (χ4n) is 1.70. The van der Waals surface area contributed by atoms with E-state index in [1.165, 1.54) is 21.7 Å². The zero-order chi connectivity index (χ0) is 14.2. The molecule has 102 valence electrons. The Balaban J connectivity index is 2.31. The van der Waals surface area contributed by atoms with E-state index in [2.05, 4.69) is 10.1 Å². The van der Waals surface area contributed by atoms with Crippen LogP contribution in [0.3, 0.4) is 0 Å². The summed E-state index contributed by atoms with van der Waals surface area (Å²) in [7, 11) is 0. The minimum Gasteiger partial charge on any atom is -0.459 e. The normalized spacial score (nSPS) is 11.8. The Morgan fingerprint density at radius 3 is 2.68 bits per heavy atom. The van der Waals surface area contributed by atoms with Gasteiger partial charge >= 0.3 is 5.97 Å². The number of ether oxygens (including phenoxy) is 1. The molecule has 0 amide bonds. The molecule has 0 spiro atoms. The summed E-state index contributed by atoms with van der Waals surface area (Å²) in [6.45, 7) is 6.88. The Labute approximate surface area is 109 Å². The molecule has 0 N–H and O–H groups in total. The van der Waals surface area contributed by atoms with E-state index in [9.17, 15) is 9.59 Å². The van der Waals surface area contributed by atoms with Crippen LogP contribution in [0.4, 0.5) is 0 Å². The Bertz CT molecular complexity index is 678. The van der Waals surface area contributed by atoms with Gasteiger partial charge in [-0.3, -0.25) is 14.2 Å². The number of aromatic nitrogens is 4. The van der Waals surface area contributed by atoms with Crippen molar-refractivity contribution in [2.45, 2.75) is 39.8 Å². The molecular weight excluding hydrogens is 248 g/mol. The highest BCUT2D eigenvalue weighted by molar-refractivity contribution is 5.69. The molecule has 0 aromatic carbocycles. The number of fused-ring (bicyclic) bond motifs is 1. The number of carbonyl (C=O) groups excluding carboxylic acids is 1. The summed E-state index contributed by atoms with van der Waals surface area (Å²) in [5.41, 5.74) is 0.0584. The second-order valence-corrected chi connectivity index (χ2v) is 5.27. The van der Waals surface area contributed by atoms with Crippen molar-refractivity contribution in [2.24, 2.45) is 0 Å². The second-order valence-electron chi connectivity index (χ2n) is 5.27. The van der Waals surface area contributed by atoms with Crippen LogP contribution in [0.15, 0.2) is 17.4 Å². The smallest absolute Gasteiger partial charge is 0.326 e. The van der Waals surface area contributed by atoms with E-state index in [4.69, 9.17) is 4.74 Å². The van der Waals surface area contributed by atoms with E-state index in [0.29, 0.717) is 11.2 Å². The summed E-state index contributed by atoms with van der Waals surface area (Å²) < 4.78 is 7.78. The summed E-state index contributed by atoms with van der Waals surface area (Å²) in [6.07, 6.45) is 2.77. The van der Waals surface area contributed by atoms with Gasteiger partial charge in [0.05, 0.1) is 5.69 Å². The number of hydrogen-bond donors (Lipinski definition) is 0. The molecule has 2 heterocycles. The Morgan fingerprint density at radius 1 is 1.37 bits per heavy atom. The van der Waals surface area contributed by atoms with Crippen LogP contribution in [0.1, 0.15) is 26.5 Å². The lowest BCUT2D eigenvalue weighted by atomic mass is 10.2. The Kier molecular flexibility index (Phi) is 3.13. The average Bonchev–Trinajstić information content (AvgIpc) is 2.62. The first-order valence-corrected chi connectivity index (χ1v) is 5.89. The van der Waals surface area contributed by atoms with E-state index in [1.54, 1.807) is 27.7 Å². The van der Waals surface area contributed by atoms with Crippen LogP contribution in [-0.2, 0) is 16.1 Å². The molecule has 0 radical (unpaired) electrons. The number of esters is 1. The molecule has 0 aliphatic carbocycles. The molecule has 0 saturated heterocycles. The van der Waals surface area contributed by atoms with Crippen molar-refractivity contribution < 1.29 is 9.53 Å². The number of nitrogens with zero attached hydrogens (tertiary/aromatic N) is 4. The zero-order valence-electron chi connectivity index (χ0n) is 11.4. The highest BCUT2D eigenvalue weighted by Crippen LogP contribution is 2.07.